The van der Waals surface area contributed by atoms with E-state index in [1.54, 1.807) is 6.20 Å². The molecule has 2 atom stereocenters. The highest BCUT2D eigenvalue weighted by atomic mass is 32.2. The van der Waals surface area contributed by atoms with Crippen LogP contribution >= 0.6 is 0 Å². The number of aromatic nitrogens is 1. The summed E-state index contributed by atoms with van der Waals surface area (Å²) in [5.41, 5.74) is 2.43. The average Bonchev–Trinajstić information content (AvgIpc) is 2.57. The first-order chi connectivity index (χ1) is 9.39. The maximum Gasteiger partial charge on any atom is 0.184 e. The Hall–Kier alpha value is -1.23. The first kappa shape index (κ1) is 13.7. The quantitative estimate of drug-likeness (QED) is 0.784. The Morgan fingerprint density at radius 2 is 1.80 bits per heavy atom. The van der Waals surface area contributed by atoms with Crippen molar-refractivity contribution >= 4 is 15.6 Å². The molecule has 2 aliphatic heterocycles. The largest absolute Gasteiger partial charge is 0.292 e. The van der Waals surface area contributed by atoms with E-state index < -0.39 is 9.84 Å². The number of hydrogen-bond acceptors (Lipinski definition) is 4. The number of Topliss-reactive ketones (excluding diaryl/α,β-unsaturated/α-hetero) is 1. The van der Waals surface area contributed by atoms with Gasteiger partial charge in [-0.05, 0) is 50.7 Å². The third kappa shape index (κ3) is 2.08. The third-order valence-electron chi connectivity index (χ3n) is 4.65. The predicted octanol–water partition coefficient (Wildman–Crippen LogP) is 2.24. The van der Waals surface area contributed by atoms with Gasteiger partial charge in [-0.2, -0.15) is 0 Å². The Balaban J connectivity index is 1.86. The molecule has 3 heterocycles. The van der Waals surface area contributed by atoms with E-state index in [9.17, 15) is 13.2 Å². The number of pyridine rings is 1. The molecule has 2 fully saturated rings. The summed E-state index contributed by atoms with van der Waals surface area (Å²) < 4.78 is 24.1. The fraction of sp³-hybridized carbons (Fsp3) is 0.600. The van der Waals surface area contributed by atoms with Gasteiger partial charge in [-0.1, -0.05) is 6.07 Å². The van der Waals surface area contributed by atoms with Gasteiger partial charge in [0.1, 0.15) is 5.69 Å². The topological polar surface area (TPSA) is 64.1 Å². The van der Waals surface area contributed by atoms with Crippen LogP contribution in [-0.4, -0.2) is 29.7 Å². The van der Waals surface area contributed by atoms with Gasteiger partial charge in [0.05, 0.1) is 10.5 Å². The Morgan fingerprint density at radius 3 is 2.35 bits per heavy atom. The molecule has 0 saturated carbocycles. The number of carbonyl (C=O) groups excluding carboxylic acids is 1. The van der Waals surface area contributed by atoms with Gasteiger partial charge < -0.3 is 0 Å². The highest BCUT2D eigenvalue weighted by molar-refractivity contribution is 7.93. The number of nitrogens with zero attached hydrogens (tertiary/aromatic N) is 1. The summed E-state index contributed by atoms with van der Waals surface area (Å²) >= 11 is 0. The van der Waals surface area contributed by atoms with Crippen molar-refractivity contribution in [1.82, 2.24) is 4.98 Å². The third-order valence-corrected chi connectivity index (χ3v) is 7.37. The van der Waals surface area contributed by atoms with Crippen LogP contribution in [0.15, 0.2) is 12.3 Å². The van der Waals surface area contributed by atoms with Crippen LogP contribution in [0.3, 0.4) is 0 Å². The molecule has 5 heteroatoms. The first-order valence-corrected chi connectivity index (χ1v) is 8.70. The molecule has 0 aliphatic carbocycles. The van der Waals surface area contributed by atoms with E-state index >= 15 is 0 Å². The lowest BCUT2D eigenvalue weighted by molar-refractivity contribution is 0.0899. The zero-order chi connectivity index (χ0) is 14.5. The second-order valence-corrected chi connectivity index (χ2v) is 8.63. The van der Waals surface area contributed by atoms with Gasteiger partial charge in [0.2, 0.25) is 0 Å². The predicted molar refractivity (Wildman–Crippen MR) is 76.5 cm³/mol. The second-order valence-electron chi connectivity index (χ2n) is 6.12. The van der Waals surface area contributed by atoms with E-state index in [1.807, 2.05) is 19.9 Å². The second kappa shape index (κ2) is 4.65. The standard InChI is InChI=1S/C15H19NO3S/c1-9-5-10(2)14(16-8-9)15(17)11-6-12-3-4-13(7-11)20(12,18)19/h5,8,11-13H,3-4,6-7H2,1-2H3. The lowest BCUT2D eigenvalue weighted by atomic mass is 9.91. The van der Waals surface area contributed by atoms with Crippen molar-refractivity contribution in [2.75, 3.05) is 0 Å². The molecule has 20 heavy (non-hydrogen) atoms. The Kier molecular flexibility index (Phi) is 3.20. The number of fused-ring (bicyclic) bond motifs is 2. The fourth-order valence-electron chi connectivity index (χ4n) is 3.59. The number of hydrogen-bond donors (Lipinski definition) is 0. The van der Waals surface area contributed by atoms with Gasteiger partial charge in [0.15, 0.2) is 15.6 Å². The molecule has 2 saturated heterocycles. The first-order valence-electron chi connectivity index (χ1n) is 7.09. The van der Waals surface area contributed by atoms with Crippen molar-refractivity contribution in [2.45, 2.75) is 50.0 Å². The maximum absolute atomic E-state index is 12.6. The minimum Gasteiger partial charge on any atom is -0.292 e. The molecule has 0 radical (unpaired) electrons. The van der Waals surface area contributed by atoms with E-state index in [-0.39, 0.29) is 22.2 Å². The Morgan fingerprint density at radius 1 is 1.20 bits per heavy atom. The van der Waals surface area contributed by atoms with Crippen LogP contribution < -0.4 is 0 Å². The smallest absolute Gasteiger partial charge is 0.184 e. The summed E-state index contributed by atoms with van der Waals surface area (Å²) in [6.45, 7) is 3.84. The number of ketones is 1. The van der Waals surface area contributed by atoms with Crippen molar-refractivity contribution in [3.8, 4) is 0 Å². The summed E-state index contributed by atoms with van der Waals surface area (Å²) in [4.78, 5) is 16.9. The van der Waals surface area contributed by atoms with E-state index in [4.69, 9.17) is 0 Å². The van der Waals surface area contributed by atoms with Crippen molar-refractivity contribution in [3.05, 3.63) is 29.1 Å². The highest BCUT2D eigenvalue weighted by Crippen LogP contribution is 2.42. The van der Waals surface area contributed by atoms with Gasteiger partial charge in [0, 0.05) is 12.1 Å². The van der Waals surface area contributed by atoms with Crippen LogP contribution in [-0.2, 0) is 9.84 Å². The van der Waals surface area contributed by atoms with Crippen LogP contribution in [0.25, 0.3) is 0 Å². The molecule has 2 unspecified atom stereocenters. The minimum absolute atomic E-state index is 0.0225. The van der Waals surface area contributed by atoms with Gasteiger partial charge in [0.25, 0.3) is 0 Å². The van der Waals surface area contributed by atoms with E-state index in [2.05, 4.69) is 4.98 Å². The van der Waals surface area contributed by atoms with E-state index in [1.165, 1.54) is 0 Å². The number of sulfone groups is 1. The molecule has 0 spiro atoms. The van der Waals surface area contributed by atoms with Crippen LogP contribution in [0.5, 0.6) is 0 Å². The van der Waals surface area contributed by atoms with Crippen molar-refractivity contribution in [1.29, 1.82) is 0 Å². The maximum atomic E-state index is 12.6. The van der Waals surface area contributed by atoms with Crippen molar-refractivity contribution in [2.24, 2.45) is 5.92 Å². The van der Waals surface area contributed by atoms with Crippen LogP contribution in [0.2, 0.25) is 0 Å². The highest BCUT2D eigenvalue weighted by Gasteiger charge is 2.48. The molecule has 3 rings (SSSR count). The Bertz CT molecular complexity index is 646. The van der Waals surface area contributed by atoms with E-state index in [0.29, 0.717) is 18.5 Å². The molecule has 0 aromatic carbocycles. The molecule has 1 aromatic rings. The lowest BCUT2D eigenvalue weighted by Gasteiger charge is -2.27. The van der Waals surface area contributed by atoms with Crippen LogP contribution in [0.1, 0.15) is 47.3 Å². The van der Waals surface area contributed by atoms with Crippen molar-refractivity contribution in [3.63, 3.8) is 0 Å². The number of rotatable bonds is 2. The lowest BCUT2D eigenvalue weighted by Crippen LogP contribution is -2.36. The molecule has 0 amide bonds. The monoisotopic (exact) mass is 293 g/mol. The Labute approximate surface area is 119 Å². The fourth-order valence-corrected chi connectivity index (χ4v) is 6.06. The normalized spacial score (nSPS) is 31.2. The summed E-state index contributed by atoms with van der Waals surface area (Å²) in [6.07, 6.45) is 4.10. The number of aryl methyl sites for hydroxylation is 2. The molecular weight excluding hydrogens is 274 g/mol. The molecular formula is C15H19NO3S. The molecule has 0 N–H and O–H groups in total. The molecule has 2 aliphatic rings. The van der Waals surface area contributed by atoms with Crippen LogP contribution in [0.4, 0.5) is 0 Å². The summed E-state index contributed by atoms with van der Waals surface area (Å²) in [7, 11) is -2.97. The van der Waals surface area contributed by atoms with Crippen molar-refractivity contribution < 1.29 is 13.2 Å². The minimum atomic E-state index is -2.97. The van der Waals surface area contributed by atoms with Crippen LogP contribution in [0, 0.1) is 19.8 Å². The average molecular weight is 293 g/mol. The molecule has 108 valence electrons. The SMILES string of the molecule is Cc1cnc(C(=O)C2CC3CCC(C2)S3(=O)=O)c(C)c1. The molecule has 2 bridgehead atoms. The summed E-state index contributed by atoms with van der Waals surface area (Å²) in [5.74, 6) is -0.153. The van der Waals surface area contributed by atoms with Gasteiger partial charge in [-0.15, -0.1) is 0 Å². The zero-order valence-corrected chi connectivity index (χ0v) is 12.6. The van der Waals surface area contributed by atoms with Gasteiger partial charge in [-0.25, -0.2) is 8.42 Å². The summed E-state index contributed by atoms with van der Waals surface area (Å²) in [5, 5.41) is -0.609. The van der Waals surface area contributed by atoms with Gasteiger partial charge in [-0.3, -0.25) is 9.78 Å². The van der Waals surface area contributed by atoms with Gasteiger partial charge >= 0.3 is 0 Å². The number of carbonyl (C=O) groups is 1. The molecule has 1 aromatic heterocycles. The van der Waals surface area contributed by atoms with E-state index in [0.717, 1.165) is 24.0 Å². The molecule has 4 nitrogen and oxygen atoms in total. The summed E-state index contributed by atoms with van der Waals surface area (Å²) in [6, 6.07) is 1.95. The zero-order valence-electron chi connectivity index (χ0n) is 11.8.